The summed E-state index contributed by atoms with van der Waals surface area (Å²) in [6.07, 6.45) is 92.2. The van der Waals surface area contributed by atoms with Crippen molar-refractivity contribution in [2.45, 2.75) is 309 Å². The fraction of sp³-hybridized carbons (Fsp3) is 0.685. The van der Waals surface area contributed by atoms with E-state index in [1.54, 1.807) is 0 Å². The van der Waals surface area contributed by atoms with Crippen molar-refractivity contribution in [1.29, 1.82) is 0 Å². The maximum absolute atomic E-state index is 12.9. The van der Waals surface area contributed by atoms with E-state index in [2.05, 4.69) is 142 Å². The number of ether oxygens (including phenoxy) is 3. The monoisotopic (exact) mass is 1090 g/mol. The molecule has 0 N–H and O–H groups in total. The number of hydrogen-bond donors (Lipinski definition) is 0. The SMILES string of the molecule is CC/C=C\C/C=C\C/C=C\C/C=C\C/C=C\CCCCCCCCCCCCCCCCCC(=O)OCC(COC(=O)CCCCCCCCCCC)OC(=O)CCCCCCC/C=C\C/C=C\C/C=C\C/C=C\C/C=C\CC. The predicted molar refractivity (Wildman–Crippen MR) is 343 cm³/mol. The molecule has 0 saturated carbocycles. The van der Waals surface area contributed by atoms with E-state index >= 15 is 0 Å². The zero-order valence-electron chi connectivity index (χ0n) is 51.6. The highest BCUT2D eigenvalue weighted by molar-refractivity contribution is 5.71. The van der Waals surface area contributed by atoms with Gasteiger partial charge >= 0.3 is 17.9 Å². The molecule has 0 aromatic rings. The number of rotatable bonds is 59. The molecule has 0 aromatic carbocycles. The molecule has 6 heteroatoms. The minimum Gasteiger partial charge on any atom is -0.462 e. The van der Waals surface area contributed by atoms with Crippen LogP contribution in [0.5, 0.6) is 0 Å². The molecule has 1 unspecified atom stereocenters. The Morgan fingerprint density at radius 3 is 0.772 bits per heavy atom. The van der Waals surface area contributed by atoms with Crippen LogP contribution in [0.2, 0.25) is 0 Å². The fourth-order valence-electron chi connectivity index (χ4n) is 9.09. The number of carbonyl (C=O) groups excluding carboxylic acids is 3. The maximum atomic E-state index is 12.9. The van der Waals surface area contributed by atoms with Crippen LogP contribution in [-0.4, -0.2) is 37.2 Å². The third-order valence-electron chi connectivity index (χ3n) is 14.0. The standard InChI is InChI=1S/C73H122O6/c1-4-7-10-13-16-19-21-23-25-27-29-31-32-33-34-35-36-37-38-39-40-42-43-45-47-49-51-54-57-60-63-66-72(75)78-69-70(68-77-71(74)65-62-59-56-53-18-15-12-9-6-3)79-73(76)67-64-61-58-55-52-50-48-46-44-41-30-28-26-24-22-20-17-14-11-8-5-2/h7-8,10-11,16-17,19-20,23-26,29-31,33-34,41,46,48,70H,4-6,9,12-15,18,21-22,27-28,32,35-40,42-45,47,49-69H2,1-3H3/b10-7-,11-8-,19-16-,20-17-,25-23-,26-24-,31-29-,34-33-,41-30-,48-46-. The van der Waals surface area contributed by atoms with Gasteiger partial charge in [-0.1, -0.05) is 296 Å². The molecule has 0 heterocycles. The van der Waals surface area contributed by atoms with Crippen molar-refractivity contribution in [2.75, 3.05) is 13.2 Å². The minimum absolute atomic E-state index is 0.0848. The molecule has 0 aliphatic heterocycles. The second kappa shape index (κ2) is 66.3. The number of carbonyl (C=O) groups is 3. The highest BCUT2D eigenvalue weighted by atomic mass is 16.6. The summed E-state index contributed by atoms with van der Waals surface area (Å²) < 4.78 is 16.9. The molecule has 0 amide bonds. The normalized spacial score (nSPS) is 12.9. The van der Waals surface area contributed by atoms with Crippen molar-refractivity contribution in [3.8, 4) is 0 Å². The van der Waals surface area contributed by atoms with Crippen LogP contribution in [0.1, 0.15) is 303 Å². The third-order valence-corrected chi connectivity index (χ3v) is 14.0. The summed E-state index contributed by atoms with van der Waals surface area (Å²) in [7, 11) is 0. The van der Waals surface area contributed by atoms with E-state index < -0.39 is 6.10 Å². The minimum atomic E-state index is -0.789. The highest BCUT2D eigenvalue weighted by Gasteiger charge is 2.19. The Bertz CT molecular complexity index is 1640. The summed E-state index contributed by atoms with van der Waals surface area (Å²) >= 11 is 0. The second-order valence-corrected chi connectivity index (χ2v) is 21.6. The molecule has 0 spiro atoms. The lowest BCUT2D eigenvalue weighted by molar-refractivity contribution is -0.167. The van der Waals surface area contributed by atoms with Gasteiger partial charge in [0.05, 0.1) is 0 Å². The van der Waals surface area contributed by atoms with E-state index in [1.165, 1.54) is 122 Å². The van der Waals surface area contributed by atoms with Crippen LogP contribution in [0.3, 0.4) is 0 Å². The third kappa shape index (κ3) is 64.5. The van der Waals surface area contributed by atoms with Gasteiger partial charge in [-0.25, -0.2) is 0 Å². The Labute approximate surface area is 488 Å². The zero-order valence-corrected chi connectivity index (χ0v) is 51.6. The van der Waals surface area contributed by atoms with E-state index in [9.17, 15) is 14.4 Å². The molecule has 79 heavy (non-hydrogen) atoms. The number of hydrogen-bond acceptors (Lipinski definition) is 6. The van der Waals surface area contributed by atoms with Crippen molar-refractivity contribution >= 4 is 17.9 Å². The zero-order chi connectivity index (χ0) is 57.1. The lowest BCUT2D eigenvalue weighted by atomic mass is 10.0. The van der Waals surface area contributed by atoms with Crippen LogP contribution in [0.4, 0.5) is 0 Å². The highest BCUT2D eigenvalue weighted by Crippen LogP contribution is 2.16. The van der Waals surface area contributed by atoms with Gasteiger partial charge in [0, 0.05) is 19.3 Å². The quantitative estimate of drug-likeness (QED) is 0.0261. The second-order valence-electron chi connectivity index (χ2n) is 21.6. The van der Waals surface area contributed by atoms with Crippen molar-refractivity contribution < 1.29 is 28.6 Å². The molecule has 1 atom stereocenters. The van der Waals surface area contributed by atoms with Crippen LogP contribution < -0.4 is 0 Å². The van der Waals surface area contributed by atoms with Gasteiger partial charge in [0.15, 0.2) is 6.10 Å². The number of allylic oxidation sites excluding steroid dienone is 20. The lowest BCUT2D eigenvalue weighted by Gasteiger charge is -2.18. The molecule has 0 fully saturated rings. The average molecular weight is 1100 g/mol. The first-order valence-electron chi connectivity index (χ1n) is 33.0. The molecule has 0 aromatic heterocycles. The summed E-state index contributed by atoms with van der Waals surface area (Å²) in [4.78, 5) is 38.2. The summed E-state index contributed by atoms with van der Waals surface area (Å²) in [5.74, 6) is -0.900. The van der Waals surface area contributed by atoms with E-state index in [0.29, 0.717) is 19.3 Å². The van der Waals surface area contributed by atoms with E-state index in [4.69, 9.17) is 14.2 Å². The molecule has 0 radical (unpaired) electrons. The van der Waals surface area contributed by atoms with Crippen LogP contribution in [-0.2, 0) is 28.6 Å². The van der Waals surface area contributed by atoms with Gasteiger partial charge in [-0.05, 0) is 109 Å². The Kier molecular flexibility index (Phi) is 62.8. The average Bonchev–Trinajstić information content (AvgIpc) is 3.45. The van der Waals surface area contributed by atoms with Gasteiger partial charge < -0.3 is 14.2 Å². The van der Waals surface area contributed by atoms with Gasteiger partial charge in [0.2, 0.25) is 0 Å². The molecule has 6 nitrogen and oxygen atoms in total. The number of unbranched alkanes of at least 4 members (excludes halogenated alkanes) is 28. The Balaban J connectivity index is 4.19. The van der Waals surface area contributed by atoms with E-state index in [1.807, 2.05) is 0 Å². The van der Waals surface area contributed by atoms with Gasteiger partial charge in [0.25, 0.3) is 0 Å². The number of esters is 3. The van der Waals surface area contributed by atoms with Gasteiger partial charge in [-0.15, -0.1) is 0 Å². The van der Waals surface area contributed by atoms with E-state index in [-0.39, 0.29) is 31.1 Å². The largest absolute Gasteiger partial charge is 0.462 e. The first kappa shape index (κ1) is 74.8. The molecule has 0 saturated heterocycles. The Morgan fingerprint density at radius 2 is 0.494 bits per heavy atom. The predicted octanol–water partition coefficient (Wildman–Crippen LogP) is 22.8. The van der Waals surface area contributed by atoms with Crippen molar-refractivity contribution in [3.63, 3.8) is 0 Å². The lowest BCUT2D eigenvalue weighted by Crippen LogP contribution is -2.30. The van der Waals surface area contributed by atoms with Crippen LogP contribution in [0, 0.1) is 0 Å². The molecular formula is C73H122O6. The molecular weight excluding hydrogens is 973 g/mol. The van der Waals surface area contributed by atoms with Gasteiger partial charge in [-0.3, -0.25) is 14.4 Å². The van der Waals surface area contributed by atoms with E-state index in [0.717, 1.165) is 141 Å². The maximum Gasteiger partial charge on any atom is 0.306 e. The smallest absolute Gasteiger partial charge is 0.306 e. The Morgan fingerprint density at radius 1 is 0.266 bits per heavy atom. The summed E-state index contributed by atoms with van der Waals surface area (Å²) in [6, 6.07) is 0. The molecule has 0 aliphatic carbocycles. The van der Waals surface area contributed by atoms with Crippen LogP contribution in [0.25, 0.3) is 0 Å². The van der Waals surface area contributed by atoms with Crippen LogP contribution >= 0.6 is 0 Å². The first-order valence-corrected chi connectivity index (χ1v) is 33.0. The van der Waals surface area contributed by atoms with Gasteiger partial charge in [0.1, 0.15) is 13.2 Å². The summed E-state index contributed by atoms with van der Waals surface area (Å²) in [5, 5.41) is 0. The summed E-state index contributed by atoms with van der Waals surface area (Å²) in [6.45, 7) is 6.39. The van der Waals surface area contributed by atoms with Crippen molar-refractivity contribution in [1.82, 2.24) is 0 Å². The molecule has 0 bridgehead atoms. The van der Waals surface area contributed by atoms with Crippen molar-refractivity contribution in [3.05, 3.63) is 122 Å². The molecule has 0 rings (SSSR count). The molecule has 0 aliphatic rings. The topological polar surface area (TPSA) is 78.9 Å². The van der Waals surface area contributed by atoms with Crippen molar-refractivity contribution in [2.24, 2.45) is 0 Å². The first-order chi connectivity index (χ1) is 39.0. The fourth-order valence-corrected chi connectivity index (χ4v) is 9.09. The molecule has 450 valence electrons. The summed E-state index contributed by atoms with van der Waals surface area (Å²) in [5.41, 5.74) is 0. The van der Waals surface area contributed by atoms with Crippen LogP contribution in [0.15, 0.2) is 122 Å². The van der Waals surface area contributed by atoms with Gasteiger partial charge in [-0.2, -0.15) is 0 Å². The Hall–Kier alpha value is -4.19.